The van der Waals surface area contributed by atoms with Crippen LogP contribution < -0.4 is 10.5 Å². The first kappa shape index (κ1) is 12.5. The minimum atomic E-state index is -3.67. The topological polar surface area (TPSA) is 72.2 Å². The molecular weight excluding hydrogens is 243 g/mol. The highest BCUT2D eigenvalue weighted by molar-refractivity contribution is 7.89. The zero-order valence-corrected chi connectivity index (χ0v) is 10.1. The highest BCUT2D eigenvalue weighted by Crippen LogP contribution is 2.32. The van der Waals surface area contributed by atoms with Gasteiger partial charge in [-0.2, -0.15) is 0 Å². The molecule has 6 heteroatoms. The molecule has 0 spiro atoms. The zero-order chi connectivity index (χ0) is 12.5. The Hall–Kier alpha value is -0.980. The van der Waals surface area contributed by atoms with E-state index < -0.39 is 15.8 Å². The molecule has 0 aliphatic heterocycles. The predicted octanol–water partition coefficient (Wildman–Crippen LogP) is 0.841. The lowest BCUT2D eigenvalue weighted by Gasteiger charge is -2.16. The van der Waals surface area contributed by atoms with Crippen molar-refractivity contribution in [2.24, 2.45) is 11.7 Å². The Labute approximate surface area is 100 Å². The van der Waals surface area contributed by atoms with Gasteiger partial charge < -0.3 is 5.73 Å². The van der Waals surface area contributed by atoms with Gasteiger partial charge in [-0.1, -0.05) is 6.07 Å². The number of halogens is 1. The fraction of sp³-hybridized carbons (Fsp3) is 0.455. The van der Waals surface area contributed by atoms with E-state index in [-0.39, 0.29) is 17.5 Å². The van der Waals surface area contributed by atoms with Gasteiger partial charge in [0, 0.05) is 12.6 Å². The van der Waals surface area contributed by atoms with Crippen LogP contribution >= 0.6 is 0 Å². The number of hydrogen-bond donors (Lipinski definition) is 2. The molecule has 0 amide bonds. The maximum atomic E-state index is 13.0. The van der Waals surface area contributed by atoms with E-state index in [1.807, 2.05) is 0 Å². The van der Waals surface area contributed by atoms with Crippen LogP contribution in [0.5, 0.6) is 0 Å². The molecule has 1 aliphatic carbocycles. The number of hydrogen-bond acceptors (Lipinski definition) is 3. The van der Waals surface area contributed by atoms with E-state index in [1.165, 1.54) is 18.2 Å². The van der Waals surface area contributed by atoms with E-state index in [2.05, 4.69) is 4.72 Å². The standard InChI is InChI=1S/C11H15FN2O2S/c12-9-2-1-3-10(6-9)17(15,16)14-11(7-13)8-4-5-8/h1-3,6,8,11,14H,4-5,7,13H2. The normalized spacial score (nSPS) is 18.0. The smallest absolute Gasteiger partial charge is 0.240 e. The van der Waals surface area contributed by atoms with Crippen molar-refractivity contribution in [2.75, 3.05) is 6.54 Å². The van der Waals surface area contributed by atoms with Crippen LogP contribution in [-0.2, 0) is 10.0 Å². The zero-order valence-electron chi connectivity index (χ0n) is 9.27. The monoisotopic (exact) mass is 258 g/mol. The van der Waals surface area contributed by atoms with Gasteiger partial charge >= 0.3 is 0 Å². The Morgan fingerprint density at radius 1 is 1.47 bits per heavy atom. The van der Waals surface area contributed by atoms with Crippen LogP contribution in [0.3, 0.4) is 0 Å². The molecule has 17 heavy (non-hydrogen) atoms. The summed E-state index contributed by atoms with van der Waals surface area (Å²) in [5.41, 5.74) is 5.53. The second-order valence-corrected chi connectivity index (χ2v) is 5.97. The molecule has 1 saturated carbocycles. The average molecular weight is 258 g/mol. The molecule has 0 radical (unpaired) electrons. The Kier molecular flexibility index (Phi) is 3.46. The number of nitrogens with two attached hydrogens (primary N) is 1. The van der Waals surface area contributed by atoms with Gasteiger partial charge in [-0.15, -0.1) is 0 Å². The van der Waals surface area contributed by atoms with Crippen molar-refractivity contribution in [2.45, 2.75) is 23.8 Å². The van der Waals surface area contributed by atoms with Crippen LogP contribution in [0.1, 0.15) is 12.8 Å². The summed E-state index contributed by atoms with van der Waals surface area (Å²) in [5.74, 6) is -0.244. The second kappa shape index (κ2) is 4.72. The number of rotatable bonds is 5. The summed E-state index contributed by atoms with van der Waals surface area (Å²) in [7, 11) is -3.67. The van der Waals surface area contributed by atoms with Gasteiger partial charge in [0.15, 0.2) is 0 Å². The lowest BCUT2D eigenvalue weighted by Crippen LogP contribution is -2.41. The molecule has 1 aliphatic rings. The van der Waals surface area contributed by atoms with Crippen molar-refractivity contribution in [1.82, 2.24) is 4.72 Å². The predicted molar refractivity (Wildman–Crippen MR) is 62.3 cm³/mol. The van der Waals surface area contributed by atoms with Crippen LogP contribution in [0.25, 0.3) is 0 Å². The van der Waals surface area contributed by atoms with Crippen molar-refractivity contribution in [3.63, 3.8) is 0 Å². The summed E-state index contributed by atoms with van der Waals surface area (Å²) in [6.45, 7) is 0.263. The summed E-state index contributed by atoms with van der Waals surface area (Å²) in [6.07, 6.45) is 1.99. The third kappa shape index (κ3) is 3.02. The molecule has 1 atom stereocenters. The summed E-state index contributed by atoms with van der Waals surface area (Å²) in [5, 5.41) is 0. The molecule has 1 unspecified atom stereocenters. The lowest BCUT2D eigenvalue weighted by atomic mass is 10.2. The molecule has 0 heterocycles. The average Bonchev–Trinajstić information content (AvgIpc) is 3.10. The van der Waals surface area contributed by atoms with Gasteiger partial charge in [0.05, 0.1) is 4.90 Å². The first-order valence-corrected chi connectivity index (χ1v) is 6.99. The summed E-state index contributed by atoms with van der Waals surface area (Å²) in [4.78, 5) is -0.0587. The van der Waals surface area contributed by atoms with E-state index in [1.54, 1.807) is 0 Å². The first-order valence-electron chi connectivity index (χ1n) is 5.51. The first-order chi connectivity index (χ1) is 8.03. The highest BCUT2D eigenvalue weighted by Gasteiger charge is 2.33. The maximum absolute atomic E-state index is 13.0. The van der Waals surface area contributed by atoms with Crippen molar-refractivity contribution < 1.29 is 12.8 Å². The van der Waals surface area contributed by atoms with Crippen LogP contribution in [0.4, 0.5) is 4.39 Å². The van der Waals surface area contributed by atoms with Crippen molar-refractivity contribution in [1.29, 1.82) is 0 Å². The summed E-state index contributed by atoms with van der Waals surface area (Å²) < 4.78 is 39.4. The number of benzene rings is 1. The maximum Gasteiger partial charge on any atom is 0.240 e. The van der Waals surface area contributed by atoms with Gasteiger partial charge in [0.25, 0.3) is 0 Å². The van der Waals surface area contributed by atoms with E-state index in [9.17, 15) is 12.8 Å². The Bertz CT molecular complexity index is 500. The lowest BCUT2D eigenvalue weighted by molar-refractivity contribution is 0.518. The van der Waals surface area contributed by atoms with Crippen LogP contribution in [0.2, 0.25) is 0 Å². The van der Waals surface area contributed by atoms with E-state index >= 15 is 0 Å². The summed E-state index contributed by atoms with van der Waals surface area (Å²) in [6, 6.07) is 4.70. The molecule has 2 rings (SSSR count). The minimum Gasteiger partial charge on any atom is -0.329 e. The fourth-order valence-electron chi connectivity index (χ4n) is 1.74. The quantitative estimate of drug-likeness (QED) is 0.822. The Morgan fingerprint density at radius 3 is 2.71 bits per heavy atom. The van der Waals surface area contributed by atoms with E-state index in [0.29, 0.717) is 5.92 Å². The third-order valence-corrected chi connectivity index (χ3v) is 4.35. The van der Waals surface area contributed by atoms with E-state index in [4.69, 9.17) is 5.73 Å². The fourth-order valence-corrected chi connectivity index (χ4v) is 3.09. The van der Waals surface area contributed by atoms with Crippen molar-refractivity contribution >= 4 is 10.0 Å². The molecule has 0 aromatic heterocycles. The third-order valence-electron chi connectivity index (χ3n) is 2.86. The van der Waals surface area contributed by atoms with Crippen LogP contribution in [-0.4, -0.2) is 21.0 Å². The van der Waals surface area contributed by atoms with Gasteiger partial charge in [-0.05, 0) is 37.0 Å². The van der Waals surface area contributed by atoms with Crippen LogP contribution in [0, 0.1) is 11.7 Å². The van der Waals surface area contributed by atoms with E-state index in [0.717, 1.165) is 18.9 Å². The molecule has 3 N–H and O–H groups in total. The Balaban J connectivity index is 2.18. The molecule has 0 bridgehead atoms. The largest absolute Gasteiger partial charge is 0.329 e. The van der Waals surface area contributed by atoms with Gasteiger partial charge in [-0.3, -0.25) is 0 Å². The summed E-state index contributed by atoms with van der Waals surface area (Å²) >= 11 is 0. The Morgan fingerprint density at radius 2 is 2.18 bits per heavy atom. The molecule has 94 valence electrons. The van der Waals surface area contributed by atoms with Gasteiger partial charge in [-0.25, -0.2) is 17.5 Å². The van der Waals surface area contributed by atoms with Crippen molar-refractivity contribution in [3.8, 4) is 0 Å². The SMILES string of the molecule is NCC(NS(=O)(=O)c1cccc(F)c1)C1CC1. The minimum absolute atomic E-state index is 0.0587. The van der Waals surface area contributed by atoms with Crippen molar-refractivity contribution in [3.05, 3.63) is 30.1 Å². The number of sulfonamides is 1. The molecule has 1 aromatic carbocycles. The van der Waals surface area contributed by atoms with Crippen LogP contribution in [0.15, 0.2) is 29.2 Å². The molecule has 4 nitrogen and oxygen atoms in total. The number of nitrogens with one attached hydrogen (secondary N) is 1. The molecular formula is C11H15FN2O2S. The second-order valence-electron chi connectivity index (χ2n) is 4.26. The van der Waals surface area contributed by atoms with Gasteiger partial charge in [0.2, 0.25) is 10.0 Å². The molecule has 0 saturated heterocycles. The van der Waals surface area contributed by atoms with Gasteiger partial charge in [0.1, 0.15) is 5.82 Å². The molecule has 1 aromatic rings. The highest BCUT2D eigenvalue weighted by atomic mass is 32.2. The molecule has 1 fully saturated rings.